The van der Waals surface area contributed by atoms with Gasteiger partial charge in [-0.05, 0) is 61.1 Å². The van der Waals surface area contributed by atoms with Crippen LogP contribution < -0.4 is 10.5 Å². The van der Waals surface area contributed by atoms with Gasteiger partial charge in [0.05, 0.1) is 4.90 Å². The lowest BCUT2D eigenvalue weighted by Crippen LogP contribution is -2.38. The van der Waals surface area contributed by atoms with Gasteiger partial charge in [0, 0.05) is 12.6 Å². The number of nitrogens with two attached hydrogens (primary N) is 1. The van der Waals surface area contributed by atoms with Gasteiger partial charge in [0.1, 0.15) is 0 Å². The lowest BCUT2D eigenvalue weighted by atomic mass is 10.1. The molecule has 3 N–H and O–H groups in total. The van der Waals surface area contributed by atoms with Crippen LogP contribution in [0.3, 0.4) is 0 Å². The van der Waals surface area contributed by atoms with Crippen LogP contribution in [0, 0.1) is 11.8 Å². The molecule has 0 bridgehead atoms. The summed E-state index contributed by atoms with van der Waals surface area (Å²) in [5.41, 5.74) is 7.38. The second-order valence-corrected chi connectivity index (χ2v) is 8.00. The molecule has 2 saturated carbocycles. The maximum absolute atomic E-state index is 12.8. The maximum Gasteiger partial charge on any atom is 0.241 e. The first-order chi connectivity index (χ1) is 10.0. The normalized spacial score (nSPS) is 19.2. The molecule has 0 aliphatic heterocycles. The lowest BCUT2D eigenvalue weighted by molar-refractivity contribution is 0.471. The summed E-state index contributed by atoms with van der Waals surface area (Å²) in [7, 11) is -3.45. The van der Waals surface area contributed by atoms with E-state index >= 15 is 0 Å². The van der Waals surface area contributed by atoms with Crippen LogP contribution in [-0.4, -0.2) is 14.5 Å². The number of hydrogen-bond donors (Lipinski definition) is 2. The number of hydrogen-bond acceptors (Lipinski definition) is 3. The van der Waals surface area contributed by atoms with E-state index in [9.17, 15) is 8.42 Å². The molecule has 0 amide bonds. The van der Waals surface area contributed by atoms with Gasteiger partial charge in [-0.25, -0.2) is 13.1 Å². The van der Waals surface area contributed by atoms with Crippen molar-refractivity contribution in [1.29, 1.82) is 0 Å². The van der Waals surface area contributed by atoms with Gasteiger partial charge in [0.15, 0.2) is 0 Å². The fraction of sp³-hybridized carbons (Fsp3) is 0.625. The van der Waals surface area contributed by atoms with E-state index in [0.29, 0.717) is 29.7 Å². The van der Waals surface area contributed by atoms with E-state index in [-0.39, 0.29) is 6.04 Å². The van der Waals surface area contributed by atoms with Gasteiger partial charge < -0.3 is 5.73 Å². The zero-order chi connectivity index (χ0) is 15.0. The standard InChI is InChI=1S/C16H24N2O2S/c1-2-12-4-3-11(10-17)9-15(12)21(19,20)18-16(13-5-6-13)14-7-8-14/h3-4,9,13-14,16,18H,2,5-8,10,17H2,1H3. The average Bonchev–Trinajstić information content (AvgIpc) is 3.37. The number of nitrogens with one attached hydrogen (secondary N) is 1. The van der Waals surface area contributed by atoms with Gasteiger partial charge >= 0.3 is 0 Å². The topological polar surface area (TPSA) is 72.2 Å². The molecule has 0 spiro atoms. The molecule has 3 rings (SSSR count). The first kappa shape index (κ1) is 15.0. The molecule has 21 heavy (non-hydrogen) atoms. The molecule has 2 aliphatic carbocycles. The molecule has 1 aromatic rings. The molecule has 0 aromatic heterocycles. The van der Waals surface area contributed by atoms with E-state index in [1.807, 2.05) is 19.1 Å². The second-order valence-electron chi connectivity index (χ2n) is 6.32. The van der Waals surface area contributed by atoms with Crippen LogP contribution >= 0.6 is 0 Å². The van der Waals surface area contributed by atoms with Gasteiger partial charge in [0.25, 0.3) is 0 Å². The number of rotatable bonds is 7. The van der Waals surface area contributed by atoms with Crippen molar-refractivity contribution in [2.24, 2.45) is 17.6 Å². The molecule has 0 radical (unpaired) electrons. The predicted octanol–water partition coefficient (Wildman–Crippen LogP) is 2.17. The molecule has 1 aromatic carbocycles. The summed E-state index contributed by atoms with van der Waals surface area (Å²) in [6.45, 7) is 2.34. The monoisotopic (exact) mass is 308 g/mol. The summed E-state index contributed by atoms with van der Waals surface area (Å²) in [6, 6.07) is 5.68. The van der Waals surface area contributed by atoms with Gasteiger partial charge in [-0.15, -0.1) is 0 Å². The van der Waals surface area contributed by atoms with Crippen molar-refractivity contribution in [3.05, 3.63) is 29.3 Å². The first-order valence-corrected chi connectivity index (χ1v) is 9.37. The Bertz CT molecular complexity index is 607. The summed E-state index contributed by atoms with van der Waals surface area (Å²) in [5, 5.41) is 0. The summed E-state index contributed by atoms with van der Waals surface area (Å²) in [5.74, 6) is 1.10. The van der Waals surface area contributed by atoms with Crippen LogP contribution in [-0.2, 0) is 23.0 Å². The Hall–Kier alpha value is -0.910. The van der Waals surface area contributed by atoms with Crippen molar-refractivity contribution in [3.63, 3.8) is 0 Å². The summed E-state index contributed by atoms with van der Waals surface area (Å²) in [4.78, 5) is 0.416. The van der Waals surface area contributed by atoms with Crippen LogP contribution in [0.15, 0.2) is 23.1 Å². The molecular weight excluding hydrogens is 284 g/mol. The fourth-order valence-corrected chi connectivity index (χ4v) is 4.73. The average molecular weight is 308 g/mol. The van der Waals surface area contributed by atoms with Crippen molar-refractivity contribution in [1.82, 2.24) is 4.72 Å². The number of benzene rings is 1. The van der Waals surface area contributed by atoms with E-state index < -0.39 is 10.0 Å². The highest BCUT2D eigenvalue weighted by Gasteiger charge is 2.43. The Balaban J connectivity index is 1.89. The van der Waals surface area contributed by atoms with Crippen molar-refractivity contribution < 1.29 is 8.42 Å². The maximum atomic E-state index is 12.8. The Kier molecular flexibility index (Phi) is 4.08. The Labute approximate surface area is 127 Å². The van der Waals surface area contributed by atoms with Crippen LogP contribution in [0.2, 0.25) is 0 Å². The van der Waals surface area contributed by atoms with Gasteiger partial charge in [-0.1, -0.05) is 19.1 Å². The fourth-order valence-electron chi connectivity index (χ4n) is 3.00. The second kappa shape index (κ2) is 5.71. The molecule has 5 heteroatoms. The Morgan fingerprint density at radius 3 is 2.33 bits per heavy atom. The third-order valence-corrected chi connectivity index (χ3v) is 6.13. The van der Waals surface area contributed by atoms with E-state index in [1.54, 1.807) is 6.07 Å². The molecule has 2 fully saturated rings. The van der Waals surface area contributed by atoms with Crippen molar-refractivity contribution in [3.8, 4) is 0 Å². The minimum Gasteiger partial charge on any atom is -0.326 e. The van der Waals surface area contributed by atoms with E-state index in [0.717, 1.165) is 36.8 Å². The predicted molar refractivity (Wildman–Crippen MR) is 83.3 cm³/mol. The molecule has 116 valence electrons. The highest BCUT2D eigenvalue weighted by Crippen LogP contribution is 2.45. The third-order valence-electron chi connectivity index (χ3n) is 4.59. The minimum atomic E-state index is -3.45. The smallest absolute Gasteiger partial charge is 0.241 e. The zero-order valence-corrected chi connectivity index (χ0v) is 13.3. The minimum absolute atomic E-state index is 0.140. The van der Waals surface area contributed by atoms with Crippen LogP contribution in [0.4, 0.5) is 0 Å². The summed E-state index contributed by atoms with van der Waals surface area (Å²) in [6.07, 6.45) is 5.35. The Morgan fingerprint density at radius 2 is 1.86 bits per heavy atom. The van der Waals surface area contributed by atoms with Crippen molar-refractivity contribution in [2.75, 3.05) is 0 Å². The van der Waals surface area contributed by atoms with Gasteiger partial charge in [0.2, 0.25) is 10.0 Å². The largest absolute Gasteiger partial charge is 0.326 e. The van der Waals surface area contributed by atoms with Crippen LogP contribution in [0.5, 0.6) is 0 Å². The van der Waals surface area contributed by atoms with Crippen LogP contribution in [0.1, 0.15) is 43.7 Å². The Morgan fingerprint density at radius 1 is 1.24 bits per heavy atom. The lowest BCUT2D eigenvalue weighted by Gasteiger charge is -2.19. The highest BCUT2D eigenvalue weighted by molar-refractivity contribution is 7.89. The van der Waals surface area contributed by atoms with E-state index in [2.05, 4.69) is 4.72 Å². The quantitative estimate of drug-likeness (QED) is 0.811. The molecule has 4 nitrogen and oxygen atoms in total. The molecule has 0 atom stereocenters. The molecule has 0 unspecified atom stereocenters. The van der Waals surface area contributed by atoms with Crippen LogP contribution in [0.25, 0.3) is 0 Å². The zero-order valence-electron chi connectivity index (χ0n) is 12.5. The highest BCUT2D eigenvalue weighted by atomic mass is 32.2. The summed E-state index contributed by atoms with van der Waals surface area (Å²) < 4.78 is 28.6. The third kappa shape index (κ3) is 3.30. The molecule has 0 heterocycles. The van der Waals surface area contributed by atoms with Gasteiger partial charge in [-0.3, -0.25) is 0 Å². The van der Waals surface area contributed by atoms with E-state index in [4.69, 9.17) is 5.73 Å². The molecule has 0 saturated heterocycles. The number of sulfonamides is 1. The number of aryl methyl sites for hydroxylation is 1. The SMILES string of the molecule is CCc1ccc(CN)cc1S(=O)(=O)NC(C1CC1)C1CC1. The summed E-state index contributed by atoms with van der Waals surface area (Å²) >= 11 is 0. The van der Waals surface area contributed by atoms with Gasteiger partial charge in [-0.2, -0.15) is 0 Å². The molecular formula is C16H24N2O2S. The van der Waals surface area contributed by atoms with Crippen molar-refractivity contribution in [2.45, 2.75) is 56.5 Å². The van der Waals surface area contributed by atoms with E-state index in [1.165, 1.54) is 0 Å². The first-order valence-electron chi connectivity index (χ1n) is 7.89. The molecule has 2 aliphatic rings. The van der Waals surface area contributed by atoms with Crippen molar-refractivity contribution >= 4 is 10.0 Å².